The molecule has 0 radical (unpaired) electrons. The van der Waals surface area contributed by atoms with Crippen LogP contribution in [0.1, 0.15) is 37.7 Å². The number of H-pyrrole nitrogens is 1. The molecule has 3 N–H and O–H groups in total. The molecule has 120 valence electrons. The van der Waals surface area contributed by atoms with Gasteiger partial charge in [0.05, 0.1) is 12.7 Å². The van der Waals surface area contributed by atoms with Crippen LogP contribution in [0.25, 0.3) is 0 Å². The fraction of sp³-hybridized carbons (Fsp3) is 0.312. The van der Waals surface area contributed by atoms with Crippen molar-refractivity contribution in [2.24, 2.45) is 0 Å². The van der Waals surface area contributed by atoms with Crippen molar-refractivity contribution in [2.75, 3.05) is 19.0 Å². The summed E-state index contributed by atoms with van der Waals surface area (Å²) in [5.41, 5.74) is 4.15. The monoisotopic (exact) mass is 314 g/mol. The Bertz CT molecular complexity index is 767. The molecule has 1 aromatic heterocycles. The molecule has 1 amide bonds. The molecule has 2 heterocycles. The molecule has 0 unspecified atom stereocenters. The zero-order valence-corrected chi connectivity index (χ0v) is 13.0. The van der Waals surface area contributed by atoms with E-state index in [1.54, 1.807) is 25.1 Å². The lowest BCUT2D eigenvalue weighted by atomic mass is 10.1. The number of carbonyl (C=O) groups excluding carboxylic acids is 2. The molecule has 0 spiro atoms. The van der Waals surface area contributed by atoms with E-state index in [1.807, 2.05) is 0 Å². The Morgan fingerprint density at radius 1 is 1.35 bits per heavy atom. The van der Waals surface area contributed by atoms with Gasteiger partial charge in [0.15, 0.2) is 5.69 Å². The number of rotatable bonds is 3. The number of methoxy groups -OCH3 is 1. The lowest BCUT2D eigenvalue weighted by Gasteiger charge is -2.13. The van der Waals surface area contributed by atoms with Crippen molar-refractivity contribution < 1.29 is 14.3 Å². The second-order valence-corrected chi connectivity index (χ2v) is 5.43. The average Bonchev–Trinajstić information content (AvgIpc) is 2.98. The highest BCUT2D eigenvalue weighted by atomic mass is 16.5. The van der Waals surface area contributed by atoms with E-state index in [-0.39, 0.29) is 5.91 Å². The summed E-state index contributed by atoms with van der Waals surface area (Å²) in [6, 6.07) is 5.05. The van der Waals surface area contributed by atoms with Crippen LogP contribution in [-0.2, 0) is 17.7 Å². The second kappa shape index (κ2) is 6.21. The number of carbonyl (C=O) groups is 2. The summed E-state index contributed by atoms with van der Waals surface area (Å²) in [6.45, 7) is 3.31. The van der Waals surface area contributed by atoms with Crippen LogP contribution >= 0.6 is 0 Å². The van der Waals surface area contributed by atoms with Gasteiger partial charge in [0.2, 0.25) is 0 Å². The van der Waals surface area contributed by atoms with Crippen LogP contribution < -0.4 is 10.6 Å². The van der Waals surface area contributed by atoms with Crippen molar-refractivity contribution in [1.82, 2.24) is 15.5 Å². The van der Waals surface area contributed by atoms with E-state index >= 15 is 0 Å². The number of amides is 1. The third kappa shape index (κ3) is 2.95. The molecule has 1 aliphatic heterocycles. The largest absolute Gasteiger partial charge is 0.465 e. The minimum Gasteiger partial charge on any atom is -0.465 e. The van der Waals surface area contributed by atoms with Crippen LogP contribution in [0.2, 0.25) is 0 Å². The van der Waals surface area contributed by atoms with Gasteiger partial charge in [-0.15, -0.1) is 0 Å². The van der Waals surface area contributed by atoms with E-state index in [4.69, 9.17) is 4.74 Å². The number of ether oxygens (including phenoxy) is 1. The highest BCUT2D eigenvalue weighted by Gasteiger charge is 2.21. The highest BCUT2D eigenvalue weighted by molar-refractivity contribution is 6.04. The number of aromatic nitrogens is 2. The van der Waals surface area contributed by atoms with Crippen LogP contribution in [0, 0.1) is 6.92 Å². The number of hydrogen-bond donors (Lipinski definition) is 3. The first-order chi connectivity index (χ1) is 11.1. The number of aromatic amines is 1. The minimum atomic E-state index is -0.396. The van der Waals surface area contributed by atoms with Crippen molar-refractivity contribution in [3.63, 3.8) is 0 Å². The molecular formula is C16H18N4O3. The zero-order chi connectivity index (χ0) is 16.4. The minimum absolute atomic E-state index is 0.267. The Kier molecular flexibility index (Phi) is 4.12. The average molecular weight is 314 g/mol. The second-order valence-electron chi connectivity index (χ2n) is 5.43. The highest BCUT2D eigenvalue weighted by Crippen LogP contribution is 2.19. The third-order valence-electron chi connectivity index (χ3n) is 3.91. The van der Waals surface area contributed by atoms with Gasteiger partial charge >= 0.3 is 5.97 Å². The molecule has 0 saturated heterocycles. The van der Waals surface area contributed by atoms with Gasteiger partial charge < -0.3 is 15.4 Å². The van der Waals surface area contributed by atoms with Gasteiger partial charge in [-0.25, -0.2) is 4.79 Å². The number of esters is 1. The van der Waals surface area contributed by atoms with Gasteiger partial charge in [0.1, 0.15) is 0 Å². The fourth-order valence-electron chi connectivity index (χ4n) is 2.68. The topological polar surface area (TPSA) is 96.1 Å². The molecule has 0 fully saturated rings. The van der Waals surface area contributed by atoms with E-state index in [1.165, 1.54) is 7.11 Å². The first-order valence-corrected chi connectivity index (χ1v) is 7.37. The zero-order valence-electron chi connectivity index (χ0n) is 13.0. The number of hydrogen-bond acceptors (Lipinski definition) is 5. The van der Waals surface area contributed by atoms with Crippen molar-refractivity contribution in [3.05, 3.63) is 46.3 Å². The summed E-state index contributed by atoms with van der Waals surface area (Å²) < 4.78 is 4.71. The van der Waals surface area contributed by atoms with Gasteiger partial charge in [0.25, 0.3) is 5.91 Å². The van der Waals surface area contributed by atoms with E-state index in [2.05, 4.69) is 20.8 Å². The first-order valence-electron chi connectivity index (χ1n) is 7.37. The smallest absolute Gasteiger partial charge is 0.338 e. The van der Waals surface area contributed by atoms with Gasteiger partial charge in [-0.05, 0) is 30.7 Å². The quantitative estimate of drug-likeness (QED) is 0.744. The van der Waals surface area contributed by atoms with Crippen LogP contribution in [-0.4, -0.2) is 35.7 Å². The Morgan fingerprint density at radius 2 is 2.17 bits per heavy atom. The Balaban J connectivity index is 1.79. The van der Waals surface area contributed by atoms with E-state index < -0.39 is 5.97 Å². The number of nitrogens with zero attached hydrogens (tertiary/aromatic N) is 1. The number of fused-ring (bicyclic) bond motifs is 1. The van der Waals surface area contributed by atoms with Crippen LogP contribution in [0.5, 0.6) is 0 Å². The van der Waals surface area contributed by atoms with Crippen molar-refractivity contribution in [3.8, 4) is 0 Å². The van der Waals surface area contributed by atoms with Crippen molar-refractivity contribution in [2.45, 2.75) is 19.9 Å². The summed E-state index contributed by atoms with van der Waals surface area (Å²) in [6.07, 6.45) is 0.836. The van der Waals surface area contributed by atoms with E-state index in [0.29, 0.717) is 23.5 Å². The summed E-state index contributed by atoms with van der Waals surface area (Å²) in [5.74, 6) is -0.663. The maximum atomic E-state index is 12.4. The molecule has 3 rings (SSSR count). The predicted octanol–water partition coefficient (Wildman–Crippen LogP) is 1.40. The normalized spacial score (nSPS) is 13.3. The molecule has 1 aliphatic rings. The molecule has 1 aromatic carbocycles. The number of anilines is 1. The number of aryl methyl sites for hydroxylation is 1. The molecule has 2 aromatic rings. The van der Waals surface area contributed by atoms with Gasteiger partial charge in [-0.1, -0.05) is 0 Å². The Hall–Kier alpha value is -2.67. The Morgan fingerprint density at radius 3 is 2.91 bits per heavy atom. The molecular weight excluding hydrogens is 296 g/mol. The van der Waals surface area contributed by atoms with E-state index in [0.717, 1.165) is 29.8 Å². The third-order valence-corrected chi connectivity index (χ3v) is 3.91. The molecule has 7 heteroatoms. The maximum Gasteiger partial charge on any atom is 0.338 e. The molecule has 0 bridgehead atoms. The summed E-state index contributed by atoms with van der Waals surface area (Å²) in [7, 11) is 1.34. The van der Waals surface area contributed by atoms with E-state index in [9.17, 15) is 9.59 Å². The summed E-state index contributed by atoms with van der Waals surface area (Å²) >= 11 is 0. The predicted molar refractivity (Wildman–Crippen MR) is 84.5 cm³/mol. The number of nitrogens with one attached hydrogen (secondary N) is 3. The molecule has 0 aliphatic carbocycles. The fourth-order valence-corrected chi connectivity index (χ4v) is 2.68. The van der Waals surface area contributed by atoms with Crippen LogP contribution in [0.3, 0.4) is 0 Å². The standard InChI is InChI=1S/C16H18N4O3/c1-9-7-10(3-4-11(9)16(22)23-2)18-15(21)14-12-8-17-6-5-13(12)19-20-14/h3-4,7,17H,5-6,8H2,1-2H3,(H,18,21)(H,19,20). The molecule has 0 atom stereocenters. The SMILES string of the molecule is COC(=O)c1ccc(NC(=O)c2n[nH]c3c2CNCC3)cc1C. The first kappa shape index (κ1) is 15.2. The summed E-state index contributed by atoms with van der Waals surface area (Å²) in [4.78, 5) is 24.0. The van der Waals surface area contributed by atoms with Gasteiger partial charge in [-0.3, -0.25) is 9.89 Å². The summed E-state index contributed by atoms with van der Waals surface area (Å²) in [5, 5.41) is 13.1. The molecule has 0 saturated carbocycles. The molecule has 7 nitrogen and oxygen atoms in total. The van der Waals surface area contributed by atoms with Crippen LogP contribution in [0.15, 0.2) is 18.2 Å². The lowest BCUT2D eigenvalue weighted by Crippen LogP contribution is -2.25. The van der Waals surface area contributed by atoms with Gasteiger partial charge in [-0.2, -0.15) is 5.10 Å². The van der Waals surface area contributed by atoms with Gasteiger partial charge in [0, 0.05) is 36.5 Å². The van der Waals surface area contributed by atoms with Crippen molar-refractivity contribution in [1.29, 1.82) is 0 Å². The number of benzene rings is 1. The maximum absolute atomic E-state index is 12.4. The van der Waals surface area contributed by atoms with Crippen LogP contribution in [0.4, 0.5) is 5.69 Å². The Labute approximate surface area is 133 Å². The lowest BCUT2D eigenvalue weighted by molar-refractivity contribution is 0.0600. The molecule has 23 heavy (non-hydrogen) atoms. The van der Waals surface area contributed by atoms with Crippen molar-refractivity contribution >= 4 is 17.6 Å².